The number of nitrogens with zero attached hydrogens (tertiary/aromatic N) is 4. The molecule has 1 N–H and O–H groups in total. The van der Waals surface area contributed by atoms with Crippen LogP contribution in [0.2, 0.25) is 0 Å². The summed E-state index contributed by atoms with van der Waals surface area (Å²) in [5.41, 5.74) is 7.44. The number of thioether (sulfide) groups is 1. The quantitative estimate of drug-likeness (QED) is 0.181. The lowest BCUT2D eigenvalue weighted by molar-refractivity contribution is -0.118. The number of methoxy groups -OCH3 is 1. The van der Waals surface area contributed by atoms with Gasteiger partial charge in [0.2, 0.25) is 0 Å². The van der Waals surface area contributed by atoms with E-state index in [1.165, 1.54) is 17.3 Å². The van der Waals surface area contributed by atoms with Crippen molar-refractivity contribution < 1.29 is 9.53 Å². The summed E-state index contributed by atoms with van der Waals surface area (Å²) in [5.74, 6) is 1.41. The monoisotopic (exact) mass is 513 g/mol. The number of hydrogen-bond acceptors (Lipinski definition) is 6. The van der Waals surface area contributed by atoms with E-state index in [0.717, 1.165) is 28.4 Å². The number of ether oxygens (including phenoxy) is 1. The van der Waals surface area contributed by atoms with Crippen LogP contribution in [0.5, 0.6) is 5.75 Å². The third-order valence-corrected chi connectivity index (χ3v) is 6.77. The molecule has 1 amide bonds. The number of benzene rings is 3. The summed E-state index contributed by atoms with van der Waals surface area (Å²) in [6.07, 6.45) is 0. The van der Waals surface area contributed by atoms with Crippen molar-refractivity contribution in [2.24, 2.45) is 5.10 Å². The van der Waals surface area contributed by atoms with Gasteiger partial charge in [-0.3, -0.25) is 9.36 Å². The molecule has 8 heteroatoms. The van der Waals surface area contributed by atoms with Gasteiger partial charge in [0.1, 0.15) is 5.75 Å². The third kappa shape index (κ3) is 6.46. The normalized spacial score (nSPS) is 11.9. The molecule has 0 radical (unpaired) electrons. The second-order valence-corrected chi connectivity index (χ2v) is 10.5. The molecule has 1 aromatic heterocycles. The molecule has 4 rings (SSSR count). The first kappa shape index (κ1) is 26.2. The van der Waals surface area contributed by atoms with E-state index in [-0.39, 0.29) is 17.1 Å². The van der Waals surface area contributed by atoms with Crippen molar-refractivity contribution in [3.8, 4) is 22.8 Å². The van der Waals surface area contributed by atoms with Gasteiger partial charge < -0.3 is 4.74 Å². The van der Waals surface area contributed by atoms with Gasteiger partial charge in [-0.05, 0) is 59.9 Å². The predicted molar refractivity (Wildman–Crippen MR) is 150 cm³/mol. The third-order valence-electron chi connectivity index (χ3n) is 5.85. The number of hydrogen-bond donors (Lipinski definition) is 1. The molecule has 0 fully saturated rings. The second kappa shape index (κ2) is 11.4. The van der Waals surface area contributed by atoms with E-state index in [4.69, 9.17) is 4.74 Å². The van der Waals surface area contributed by atoms with E-state index in [9.17, 15) is 4.79 Å². The Bertz CT molecular complexity index is 1370. The number of amides is 1. The lowest BCUT2D eigenvalue weighted by atomic mass is 9.87. The van der Waals surface area contributed by atoms with Crippen LogP contribution in [-0.4, -0.2) is 39.2 Å². The molecule has 0 saturated heterocycles. The highest BCUT2D eigenvalue weighted by Crippen LogP contribution is 2.30. The number of para-hydroxylation sites is 1. The molecule has 190 valence electrons. The molecular weight excluding hydrogens is 482 g/mol. The molecule has 4 aromatic rings. The van der Waals surface area contributed by atoms with Crippen molar-refractivity contribution in [2.45, 2.75) is 38.3 Å². The standard InChI is InChI=1S/C29H31N5O2S/c1-20(21-13-17-25(36-5)18-14-21)30-31-26(35)19-37-28-33-32-27(34(28)24-9-7-6-8-10-24)22-11-15-23(16-12-22)29(2,3)4/h6-18H,19H2,1-5H3,(H,31,35). The highest BCUT2D eigenvalue weighted by Gasteiger charge is 2.19. The number of hydrazone groups is 1. The van der Waals surface area contributed by atoms with E-state index in [1.54, 1.807) is 7.11 Å². The fourth-order valence-corrected chi connectivity index (χ4v) is 4.43. The van der Waals surface area contributed by atoms with E-state index >= 15 is 0 Å². The van der Waals surface area contributed by atoms with Gasteiger partial charge in [-0.1, -0.05) is 75.0 Å². The van der Waals surface area contributed by atoms with E-state index < -0.39 is 0 Å². The van der Waals surface area contributed by atoms with Crippen LogP contribution in [0.1, 0.15) is 38.8 Å². The first-order valence-corrected chi connectivity index (χ1v) is 13.0. The first-order valence-electron chi connectivity index (χ1n) is 12.0. The summed E-state index contributed by atoms with van der Waals surface area (Å²) in [7, 11) is 1.62. The minimum atomic E-state index is -0.225. The maximum atomic E-state index is 12.6. The van der Waals surface area contributed by atoms with E-state index in [0.29, 0.717) is 10.9 Å². The Labute approximate surface area is 222 Å². The van der Waals surface area contributed by atoms with Crippen molar-refractivity contribution in [3.05, 3.63) is 90.0 Å². The van der Waals surface area contributed by atoms with Crippen LogP contribution in [0, 0.1) is 0 Å². The fourth-order valence-electron chi connectivity index (χ4n) is 3.68. The highest BCUT2D eigenvalue weighted by atomic mass is 32.2. The Kier molecular flexibility index (Phi) is 8.08. The maximum absolute atomic E-state index is 12.6. The Balaban J connectivity index is 1.51. The van der Waals surface area contributed by atoms with Crippen molar-refractivity contribution in [1.29, 1.82) is 0 Å². The molecule has 0 atom stereocenters. The number of carbonyl (C=O) groups excluding carboxylic acids is 1. The molecule has 0 aliphatic heterocycles. The van der Waals surface area contributed by atoms with Gasteiger partial charge in [0.25, 0.3) is 5.91 Å². The minimum Gasteiger partial charge on any atom is -0.497 e. The molecule has 0 spiro atoms. The summed E-state index contributed by atoms with van der Waals surface area (Å²) < 4.78 is 7.17. The van der Waals surface area contributed by atoms with Crippen LogP contribution in [0.4, 0.5) is 0 Å². The molecule has 0 aliphatic carbocycles. The van der Waals surface area contributed by atoms with Crippen LogP contribution >= 0.6 is 11.8 Å². The Morgan fingerprint density at radius 1 is 0.973 bits per heavy atom. The number of aromatic nitrogens is 3. The van der Waals surface area contributed by atoms with Crippen molar-refractivity contribution in [3.63, 3.8) is 0 Å². The zero-order chi connectivity index (χ0) is 26.4. The van der Waals surface area contributed by atoms with Gasteiger partial charge in [-0.2, -0.15) is 5.10 Å². The number of carbonyl (C=O) groups is 1. The Morgan fingerprint density at radius 3 is 2.27 bits per heavy atom. The lowest BCUT2D eigenvalue weighted by Gasteiger charge is -2.19. The summed E-state index contributed by atoms with van der Waals surface area (Å²) in [6, 6.07) is 25.8. The minimum absolute atomic E-state index is 0.0637. The molecule has 0 unspecified atom stereocenters. The first-order chi connectivity index (χ1) is 17.8. The van der Waals surface area contributed by atoms with E-state index in [2.05, 4.69) is 65.8 Å². The topological polar surface area (TPSA) is 81.4 Å². The number of nitrogens with one attached hydrogen (secondary N) is 1. The average molecular weight is 514 g/mol. The lowest BCUT2D eigenvalue weighted by Crippen LogP contribution is -2.21. The van der Waals surface area contributed by atoms with Crippen LogP contribution in [-0.2, 0) is 10.2 Å². The van der Waals surface area contributed by atoms with Gasteiger partial charge in [0, 0.05) is 11.3 Å². The summed E-state index contributed by atoms with van der Waals surface area (Å²) in [5, 5.41) is 13.8. The van der Waals surface area contributed by atoms with Crippen LogP contribution in [0.3, 0.4) is 0 Å². The fraction of sp³-hybridized carbons (Fsp3) is 0.241. The van der Waals surface area contributed by atoms with Crippen molar-refractivity contribution in [1.82, 2.24) is 20.2 Å². The maximum Gasteiger partial charge on any atom is 0.250 e. The van der Waals surface area contributed by atoms with Crippen LogP contribution < -0.4 is 10.2 Å². The zero-order valence-electron chi connectivity index (χ0n) is 21.7. The van der Waals surface area contributed by atoms with Gasteiger partial charge in [-0.25, -0.2) is 5.43 Å². The molecule has 0 bridgehead atoms. The highest BCUT2D eigenvalue weighted by molar-refractivity contribution is 7.99. The second-order valence-electron chi connectivity index (χ2n) is 9.55. The molecular formula is C29H31N5O2S. The molecule has 3 aromatic carbocycles. The Morgan fingerprint density at radius 2 is 1.65 bits per heavy atom. The molecule has 37 heavy (non-hydrogen) atoms. The summed E-state index contributed by atoms with van der Waals surface area (Å²) >= 11 is 1.32. The smallest absolute Gasteiger partial charge is 0.250 e. The summed E-state index contributed by atoms with van der Waals surface area (Å²) in [6.45, 7) is 8.42. The Hall–Kier alpha value is -3.91. The van der Waals surface area contributed by atoms with Gasteiger partial charge >= 0.3 is 0 Å². The van der Waals surface area contributed by atoms with Crippen LogP contribution in [0.15, 0.2) is 89.1 Å². The largest absolute Gasteiger partial charge is 0.497 e. The van der Waals surface area contributed by atoms with E-state index in [1.807, 2.05) is 66.1 Å². The van der Waals surface area contributed by atoms with Crippen LogP contribution in [0.25, 0.3) is 17.1 Å². The van der Waals surface area contributed by atoms with Crippen molar-refractivity contribution >= 4 is 23.4 Å². The van der Waals surface area contributed by atoms with Gasteiger partial charge in [-0.15, -0.1) is 10.2 Å². The van der Waals surface area contributed by atoms with Crippen molar-refractivity contribution in [2.75, 3.05) is 12.9 Å². The van der Waals surface area contributed by atoms with Gasteiger partial charge in [0.05, 0.1) is 18.6 Å². The molecule has 0 aliphatic rings. The van der Waals surface area contributed by atoms with Gasteiger partial charge in [0.15, 0.2) is 11.0 Å². The molecule has 1 heterocycles. The molecule has 0 saturated carbocycles. The number of rotatable bonds is 8. The zero-order valence-corrected chi connectivity index (χ0v) is 22.5. The summed E-state index contributed by atoms with van der Waals surface area (Å²) in [4.78, 5) is 12.6. The SMILES string of the molecule is COc1ccc(C(C)=NNC(=O)CSc2nnc(-c3ccc(C(C)(C)C)cc3)n2-c2ccccc2)cc1. The molecule has 7 nitrogen and oxygen atoms in total. The predicted octanol–water partition coefficient (Wildman–Crippen LogP) is 5.87. The average Bonchev–Trinajstić information content (AvgIpc) is 3.34.